The van der Waals surface area contributed by atoms with Crippen molar-refractivity contribution in [2.45, 2.75) is 0 Å². The zero-order chi connectivity index (χ0) is 13.4. The highest BCUT2D eigenvalue weighted by Gasteiger charge is 2.12. The van der Waals surface area contributed by atoms with Crippen LogP contribution in [0.1, 0.15) is 11.1 Å². The molecule has 0 N–H and O–H groups in total. The quantitative estimate of drug-likeness (QED) is 0.468. The molecule has 0 fully saturated rings. The summed E-state index contributed by atoms with van der Waals surface area (Å²) < 4.78 is 11.5. The monoisotopic (exact) mass is 260 g/mol. The van der Waals surface area contributed by atoms with Crippen LogP contribution in [0.4, 0.5) is 0 Å². The summed E-state index contributed by atoms with van der Waals surface area (Å²) in [6.45, 7) is 0. The van der Waals surface area contributed by atoms with Crippen molar-refractivity contribution in [2.24, 2.45) is 0 Å². The maximum absolute atomic E-state index is 6.04. The highest BCUT2D eigenvalue weighted by molar-refractivity contribution is 5.79. The molecule has 3 aromatic rings. The lowest BCUT2D eigenvalue weighted by Gasteiger charge is -2.09. The number of hydrogen-bond acceptors (Lipinski definition) is 2. The number of hydrogen-bond donors (Lipinski definition) is 0. The smallest absolute Gasteiger partial charge is 0.135 e. The van der Waals surface area contributed by atoms with Crippen molar-refractivity contribution in [2.75, 3.05) is 0 Å². The third-order valence-corrected chi connectivity index (χ3v) is 3.40. The summed E-state index contributed by atoms with van der Waals surface area (Å²) in [5.41, 5.74) is 3.17. The van der Waals surface area contributed by atoms with Crippen LogP contribution >= 0.6 is 0 Å². The van der Waals surface area contributed by atoms with Gasteiger partial charge in [-0.1, -0.05) is 42.5 Å². The minimum absolute atomic E-state index is 0.845. The largest absolute Gasteiger partial charge is 0.464 e. The van der Waals surface area contributed by atoms with Gasteiger partial charge in [-0.2, -0.15) is 0 Å². The molecule has 0 amide bonds. The van der Waals surface area contributed by atoms with Crippen molar-refractivity contribution < 1.29 is 9.15 Å². The molecule has 2 aromatic carbocycles. The number of benzene rings is 2. The lowest BCUT2D eigenvalue weighted by atomic mass is 10.1. The second-order valence-electron chi connectivity index (χ2n) is 4.70. The topological polar surface area (TPSA) is 22.4 Å². The Morgan fingerprint density at radius 1 is 0.700 bits per heavy atom. The second-order valence-corrected chi connectivity index (χ2v) is 4.70. The minimum atomic E-state index is 0.845. The molecule has 2 heteroatoms. The van der Waals surface area contributed by atoms with Crippen LogP contribution in [-0.2, 0) is 0 Å². The van der Waals surface area contributed by atoms with Gasteiger partial charge in [0.15, 0.2) is 0 Å². The van der Waals surface area contributed by atoms with E-state index in [9.17, 15) is 0 Å². The van der Waals surface area contributed by atoms with Gasteiger partial charge in [0.2, 0.25) is 0 Å². The first kappa shape index (κ1) is 11.1. The van der Waals surface area contributed by atoms with E-state index < -0.39 is 0 Å². The molecule has 1 aromatic heterocycles. The highest BCUT2D eigenvalue weighted by atomic mass is 16.5. The van der Waals surface area contributed by atoms with E-state index in [1.807, 2.05) is 48.5 Å². The average molecular weight is 260 g/mol. The summed E-state index contributed by atoms with van der Waals surface area (Å²) in [5, 5.41) is 0. The second kappa shape index (κ2) is 4.42. The zero-order valence-corrected chi connectivity index (χ0v) is 10.7. The fourth-order valence-electron chi connectivity index (χ4n) is 2.37. The molecule has 2 heterocycles. The van der Waals surface area contributed by atoms with Gasteiger partial charge in [-0.05, 0) is 24.3 Å². The van der Waals surface area contributed by atoms with Gasteiger partial charge in [-0.15, -0.1) is 0 Å². The number of fused-ring (bicyclic) bond motifs is 2. The van der Waals surface area contributed by atoms with Gasteiger partial charge < -0.3 is 9.15 Å². The lowest BCUT2D eigenvalue weighted by molar-refractivity contribution is 0.481. The number of ether oxygens (including phenoxy) is 1. The fraction of sp³-hybridized carbons (Fsp3) is 0. The van der Waals surface area contributed by atoms with Gasteiger partial charge >= 0.3 is 0 Å². The number of para-hydroxylation sites is 1. The van der Waals surface area contributed by atoms with Gasteiger partial charge in [-0.25, -0.2) is 0 Å². The maximum Gasteiger partial charge on any atom is 0.135 e. The molecule has 0 unspecified atom stereocenters. The van der Waals surface area contributed by atoms with Crippen LogP contribution in [0, 0.1) is 0 Å². The van der Waals surface area contributed by atoms with Crippen LogP contribution in [0.5, 0.6) is 11.5 Å². The van der Waals surface area contributed by atoms with Gasteiger partial charge in [0.25, 0.3) is 0 Å². The molecule has 0 saturated heterocycles. The molecule has 0 radical (unpaired) electrons. The Kier molecular flexibility index (Phi) is 2.46. The SMILES string of the molecule is C1=Cc2ccc(-c3ccco3)cc2Oc2ccccc21. The van der Waals surface area contributed by atoms with Crippen molar-refractivity contribution in [3.05, 3.63) is 72.0 Å². The Morgan fingerprint density at radius 2 is 1.55 bits per heavy atom. The molecule has 1 aliphatic rings. The van der Waals surface area contributed by atoms with E-state index in [0.29, 0.717) is 0 Å². The van der Waals surface area contributed by atoms with Crippen LogP contribution in [0.2, 0.25) is 0 Å². The Bertz CT molecular complexity index is 783. The van der Waals surface area contributed by atoms with Gasteiger partial charge in [0.1, 0.15) is 17.3 Å². The van der Waals surface area contributed by atoms with Crippen LogP contribution in [0.25, 0.3) is 23.5 Å². The Hall–Kier alpha value is -2.74. The van der Waals surface area contributed by atoms with Gasteiger partial charge in [-0.3, -0.25) is 0 Å². The molecule has 2 nitrogen and oxygen atoms in total. The van der Waals surface area contributed by atoms with E-state index in [1.165, 1.54) is 0 Å². The number of furan rings is 1. The Morgan fingerprint density at radius 3 is 2.40 bits per heavy atom. The first-order chi connectivity index (χ1) is 9.90. The Labute approximate surface area is 116 Å². The van der Waals surface area contributed by atoms with E-state index in [1.54, 1.807) is 6.26 Å². The van der Waals surface area contributed by atoms with Crippen LogP contribution in [0.3, 0.4) is 0 Å². The molecule has 1 aliphatic heterocycles. The first-order valence-corrected chi connectivity index (χ1v) is 6.53. The summed E-state index contributed by atoms with van der Waals surface area (Å²) in [5.74, 6) is 2.57. The summed E-state index contributed by atoms with van der Waals surface area (Å²) in [6.07, 6.45) is 5.83. The molecular weight excluding hydrogens is 248 g/mol. The first-order valence-electron chi connectivity index (χ1n) is 6.53. The molecule has 4 rings (SSSR count). The van der Waals surface area contributed by atoms with Gasteiger partial charge in [0, 0.05) is 16.7 Å². The van der Waals surface area contributed by atoms with Crippen molar-refractivity contribution in [1.29, 1.82) is 0 Å². The van der Waals surface area contributed by atoms with Crippen LogP contribution in [-0.4, -0.2) is 0 Å². The summed E-state index contributed by atoms with van der Waals surface area (Å²) in [4.78, 5) is 0. The van der Waals surface area contributed by atoms with Crippen molar-refractivity contribution in [1.82, 2.24) is 0 Å². The predicted octanol–water partition coefficient (Wildman–Crippen LogP) is 5.22. The third kappa shape index (κ3) is 1.82. The fourth-order valence-corrected chi connectivity index (χ4v) is 2.37. The Balaban J connectivity index is 1.83. The van der Waals surface area contributed by atoms with E-state index in [-0.39, 0.29) is 0 Å². The zero-order valence-electron chi connectivity index (χ0n) is 10.7. The van der Waals surface area contributed by atoms with E-state index in [2.05, 4.69) is 18.2 Å². The molecule has 0 saturated carbocycles. The predicted molar refractivity (Wildman–Crippen MR) is 79.6 cm³/mol. The number of rotatable bonds is 1. The van der Waals surface area contributed by atoms with Crippen molar-refractivity contribution in [3.63, 3.8) is 0 Å². The van der Waals surface area contributed by atoms with Crippen molar-refractivity contribution in [3.8, 4) is 22.8 Å². The molecule has 20 heavy (non-hydrogen) atoms. The summed E-state index contributed by atoms with van der Waals surface area (Å²) in [7, 11) is 0. The van der Waals surface area contributed by atoms with E-state index >= 15 is 0 Å². The van der Waals surface area contributed by atoms with Crippen LogP contribution < -0.4 is 4.74 Å². The highest BCUT2D eigenvalue weighted by Crippen LogP contribution is 2.36. The van der Waals surface area contributed by atoms with Crippen LogP contribution in [0.15, 0.2) is 65.3 Å². The summed E-state index contributed by atoms with van der Waals surface area (Å²) >= 11 is 0. The van der Waals surface area contributed by atoms with E-state index in [0.717, 1.165) is 33.9 Å². The molecule has 0 atom stereocenters. The normalized spacial score (nSPS) is 12.2. The molecule has 0 aliphatic carbocycles. The lowest BCUT2D eigenvalue weighted by Crippen LogP contribution is -1.88. The minimum Gasteiger partial charge on any atom is -0.464 e. The van der Waals surface area contributed by atoms with E-state index in [4.69, 9.17) is 9.15 Å². The van der Waals surface area contributed by atoms with Gasteiger partial charge in [0.05, 0.1) is 6.26 Å². The molecular formula is C18H12O2. The molecule has 0 spiro atoms. The van der Waals surface area contributed by atoms with Crippen molar-refractivity contribution >= 4 is 12.2 Å². The average Bonchev–Trinajstić information content (AvgIpc) is 2.95. The summed E-state index contributed by atoms with van der Waals surface area (Å²) in [6, 6.07) is 18.0. The maximum atomic E-state index is 6.04. The third-order valence-electron chi connectivity index (χ3n) is 3.40. The molecule has 96 valence electrons. The standard InChI is InChI=1S/C18H12O2/c1-2-5-17-13(4-1)7-8-14-9-10-15(12-18(14)20-17)16-6-3-11-19-16/h1-12H. The molecule has 0 bridgehead atoms.